The lowest BCUT2D eigenvalue weighted by molar-refractivity contribution is 0.0890. The molecule has 0 radical (unpaired) electrons. The Hall–Kier alpha value is -2.64. The predicted octanol–water partition coefficient (Wildman–Crippen LogP) is 4.16. The molecule has 8 heteroatoms. The van der Waals surface area contributed by atoms with Crippen molar-refractivity contribution in [2.45, 2.75) is 89.5 Å². The third kappa shape index (κ3) is 4.00. The van der Waals surface area contributed by atoms with Crippen LogP contribution in [0.2, 0.25) is 0 Å². The van der Waals surface area contributed by atoms with E-state index in [1.807, 2.05) is 31.0 Å². The average molecular weight is 426 g/mol. The third-order valence-corrected chi connectivity index (χ3v) is 7.06. The minimum absolute atomic E-state index is 0.134. The Bertz CT molecular complexity index is 933. The molecule has 0 aromatic carbocycles. The second-order valence-electron chi connectivity index (χ2n) is 9.09. The summed E-state index contributed by atoms with van der Waals surface area (Å²) in [6, 6.07) is 4.59. The number of carbonyl (C=O) groups excluding carboxylic acids is 1. The highest BCUT2D eigenvalue weighted by Gasteiger charge is 2.43. The molecule has 2 aliphatic heterocycles. The number of pyridine rings is 1. The largest absolute Gasteiger partial charge is 0.489 e. The van der Waals surface area contributed by atoms with Crippen LogP contribution >= 0.6 is 0 Å². The summed E-state index contributed by atoms with van der Waals surface area (Å²) >= 11 is 0. The van der Waals surface area contributed by atoms with Crippen LogP contribution in [-0.2, 0) is 18.4 Å². The SMILES string of the molecule is Cc1nc(-c2nnn(C)c2COC(=O)N2C3CCC2CC3)ccc1OC1CCCCC1. The Labute approximate surface area is 182 Å². The highest BCUT2D eigenvalue weighted by molar-refractivity contribution is 5.69. The van der Waals surface area contributed by atoms with Crippen molar-refractivity contribution in [1.29, 1.82) is 0 Å². The zero-order valence-electron chi connectivity index (χ0n) is 18.4. The summed E-state index contributed by atoms with van der Waals surface area (Å²) in [6.07, 6.45) is 10.4. The Kier molecular flexibility index (Phi) is 5.54. The van der Waals surface area contributed by atoms with Gasteiger partial charge >= 0.3 is 6.09 Å². The summed E-state index contributed by atoms with van der Waals surface area (Å²) < 4.78 is 13.5. The highest BCUT2D eigenvalue weighted by atomic mass is 16.6. The molecule has 2 bridgehead atoms. The van der Waals surface area contributed by atoms with E-state index in [2.05, 4.69) is 10.3 Å². The van der Waals surface area contributed by atoms with Crippen LogP contribution in [-0.4, -0.2) is 49.2 Å². The van der Waals surface area contributed by atoms with Gasteiger partial charge in [-0.2, -0.15) is 0 Å². The quantitative estimate of drug-likeness (QED) is 0.715. The summed E-state index contributed by atoms with van der Waals surface area (Å²) in [5.41, 5.74) is 2.94. The van der Waals surface area contributed by atoms with Crippen molar-refractivity contribution in [3.8, 4) is 17.1 Å². The fourth-order valence-corrected chi connectivity index (χ4v) is 5.32. The van der Waals surface area contributed by atoms with Crippen LogP contribution in [0.25, 0.3) is 11.4 Å². The smallest absolute Gasteiger partial charge is 0.410 e. The number of fused-ring (bicyclic) bond motifs is 2. The molecule has 5 rings (SSSR count). The molecule has 2 aromatic rings. The average Bonchev–Trinajstić information content (AvgIpc) is 3.49. The van der Waals surface area contributed by atoms with E-state index in [1.165, 1.54) is 19.3 Å². The van der Waals surface area contributed by atoms with Crippen molar-refractivity contribution in [3.63, 3.8) is 0 Å². The van der Waals surface area contributed by atoms with Crippen LogP contribution in [0.4, 0.5) is 4.79 Å². The lowest BCUT2D eigenvalue weighted by atomic mass is 9.98. The summed E-state index contributed by atoms with van der Waals surface area (Å²) in [7, 11) is 1.81. The standard InChI is InChI=1S/C23H31N5O3/c1-15-21(31-18-6-4-3-5-7-18)13-12-19(24-15)22-20(27(2)26-25-22)14-30-23(29)28-16-8-9-17(28)11-10-16/h12-13,16-18H,3-11,14H2,1-2H3. The van der Waals surface area contributed by atoms with Gasteiger partial charge in [0.25, 0.3) is 0 Å². The van der Waals surface area contributed by atoms with Gasteiger partial charge in [-0.3, -0.25) is 0 Å². The zero-order valence-corrected chi connectivity index (χ0v) is 18.4. The van der Waals surface area contributed by atoms with E-state index in [0.29, 0.717) is 23.5 Å². The maximum Gasteiger partial charge on any atom is 0.410 e. The van der Waals surface area contributed by atoms with Crippen molar-refractivity contribution < 1.29 is 14.3 Å². The molecule has 2 aromatic heterocycles. The Morgan fingerprint density at radius 3 is 2.45 bits per heavy atom. The van der Waals surface area contributed by atoms with Crippen LogP contribution in [0, 0.1) is 6.92 Å². The van der Waals surface area contributed by atoms with E-state index >= 15 is 0 Å². The van der Waals surface area contributed by atoms with Gasteiger partial charge in [0, 0.05) is 19.1 Å². The van der Waals surface area contributed by atoms with Crippen molar-refractivity contribution in [3.05, 3.63) is 23.5 Å². The summed E-state index contributed by atoms with van der Waals surface area (Å²) in [5, 5.41) is 8.44. The number of nitrogens with zero attached hydrogens (tertiary/aromatic N) is 5. The van der Waals surface area contributed by atoms with Gasteiger partial charge in [-0.15, -0.1) is 5.10 Å². The normalized spacial score (nSPS) is 23.4. The van der Waals surface area contributed by atoms with Gasteiger partial charge in [0.2, 0.25) is 0 Å². The molecule has 8 nitrogen and oxygen atoms in total. The number of hydrogen-bond acceptors (Lipinski definition) is 6. The van der Waals surface area contributed by atoms with E-state index in [4.69, 9.17) is 14.5 Å². The van der Waals surface area contributed by atoms with Gasteiger partial charge in [0.05, 0.1) is 17.5 Å². The van der Waals surface area contributed by atoms with E-state index in [0.717, 1.165) is 55.7 Å². The number of rotatable bonds is 5. The maximum absolute atomic E-state index is 12.7. The fraction of sp³-hybridized carbons (Fsp3) is 0.652. The molecule has 4 heterocycles. The van der Waals surface area contributed by atoms with E-state index in [-0.39, 0.29) is 18.8 Å². The zero-order chi connectivity index (χ0) is 21.4. The Morgan fingerprint density at radius 2 is 1.77 bits per heavy atom. The van der Waals surface area contributed by atoms with Gasteiger partial charge in [-0.05, 0) is 70.4 Å². The molecule has 0 N–H and O–H groups in total. The van der Waals surface area contributed by atoms with Crippen LogP contribution in [0.1, 0.15) is 69.2 Å². The molecule has 1 saturated carbocycles. The highest BCUT2D eigenvalue weighted by Crippen LogP contribution is 2.38. The number of aryl methyl sites for hydroxylation is 2. The van der Waals surface area contributed by atoms with Gasteiger partial charge < -0.3 is 14.4 Å². The lowest BCUT2D eigenvalue weighted by Gasteiger charge is -2.23. The van der Waals surface area contributed by atoms with E-state index in [9.17, 15) is 4.79 Å². The number of amides is 1. The predicted molar refractivity (Wildman–Crippen MR) is 115 cm³/mol. The van der Waals surface area contributed by atoms with Crippen LogP contribution < -0.4 is 4.74 Å². The fourth-order valence-electron chi connectivity index (χ4n) is 5.32. The molecule has 2 saturated heterocycles. The molecule has 166 valence electrons. The first-order valence-electron chi connectivity index (χ1n) is 11.6. The summed E-state index contributed by atoms with van der Waals surface area (Å²) in [4.78, 5) is 19.3. The Balaban J connectivity index is 1.28. The molecule has 0 unspecified atom stereocenters. The molecule has 3 fully saturated rings. The van der Waals surface area contributed by atoms with Crippen molar-refractivity contribution in [2.75, 3.05) is 0 Å². The first-order chi connectivity index (χ1) is 15.1. The molecule has 3 aliphatic rings. The van der Waals surface area contributed by atoms with Gasteiger partial charge in [0.15, 0.2) is 0 Å². The minimum atomic E-state index is -0.225. The van der Waals surface area contributed by atoms with Gasteiger partial charge in [-0.1, -0.05) is 11.6 Å². The minimum Gasteiger partial charge on any atom is -0.489 e. The summed E-state index contributed by atoms with van der Waals surface area (Å²) in [6.45, 7) is 2.09. The third-order valence-electron chi connectivity index (χ3n) is 7.06. The monoisotopic (exact) mass is 425 g/mol. The van der Waals surface area contributed by atoms with E-state index < -0.39 is 0 Å². The van der Waals surface area contributed by atoms with Gasteiger partial charge in [0.1, 0.15) is 23.7 Å². The van der Waals surface area contributed by atoms with Crippen LogP contribution in [0.3, 0.4) is 0 Å². The molecular weight excluding hydrogens is 394 g/mol. The first kappa shape index (κ1) is 20.3. The molecule has 1 amide bonds. The van der Waals surface area contributed by atoms with Gasteiger partial charge in [-0.25, -0.2) is 14.5 Å². The second-order valence-corrected chi connectivity index (χ2v) is 9.09. The molecule has 0 atom stereocenters. The van der Waals surface area contributed by atoms with E-state index in [1.54, 1.807) is 4.68 Å². The molecule has 0 spiro atoms. The van der Waals surface area contributed by atoms with Crippen LogP contribution in [0.15, 0.2) is 12.1 Å². The molecule has 1 aliphatic carbocycles. The second kappa shape index (κ2) is 8.48. The van der Waals surface area contributed by atoms with Crippen molar-refractivity contribution in [2.24, 2.45) is 7.05 Å². The van der Waals surface area contributed by atoms with Crippen LogP contribution in [0.5, 0.6) is 5.75 Å². The summed E-state index contributed by atoms with van der Waals surface area (Å²) in [5.74, 6) is 0.831. The number of aromatic nitrogens is 4. The number of ether oxygens (including phenoxy) is 2. The maximum atomic E-state index is 12.7. The molecule has 31 heavy (non-hydrogen) atoms. The van der Waals surface area contributed by atoms with Crippen molar-refractivity contribution >= 4 is 6.09 Å². The first-order valence-corrected chi connectivity index (χ1v) is 11.6. The number of carbonyl (C=O) groups is 1. The number of hydrogen-bond donors (Lipinski definition) is 0. The lowest BCUT2D eigenvalue weighted by Crippen LogP contribution is -2.35. The Morgan fingerprint density at radius 1 is 1.06 bits per heavy atom. The molecular formula is C23H31N5O3. The van der Waals surface area contributed by atoms with Crippen molar-refractivity contribution in [1.82, 2.24) is 24.9 Å². The topological polar surface area (TPSA) is 82.4 Å².